The second-order valence-electron chi connectivity index (χ2n) is 4.83. The number of nitriles is 2. The second-order valence-corrected chi connectivity index (χ2v) is 4.83. The summed E-state index contributed by atoms with van der Waals surface area (Å²) < 4.78 is 0. The molecule has 1 atom stereocenters. The quantitative estimate of drug-likeness (QED) is 0.857. The Morgan fingerprint density at radius 1 is 1.20 bits per heavy atom. The Kier molecular flexibility index (Phi) is 4.70. The van der Waals surface area contributed by atoms with E-state index in [4.69, 9.17) is 10.5 Å². The Labute approximate surface area is 118 Å². The molecule has 1 aromatic rings. The van der Waals surface area contributed by atoms with E-state index in [1.165, 1.54) is 6.07 Å². The molecule has 2 rings (SSSR count). The summed E-state index contributed by atoms with van der Waals surface area (Å²) in [6.45, 7) is 0.856. The van der Waals surface area contributed by atoms with Gasteiger partial charge in [0.05, 0.1) is 17.2 Å². The van der Waals surface area contributed by atoms with Crippen LogP contribution in [0.25, 0.3) is 0 Å². The highest BCUT2D eigenvalue weighted by molar-refractivity contribution is 5.95. The lowest BCUT2D eigenvalue weighted by molar-refractivity contribution is -0.118. The average Bonchev–Trinajstić information content (AvgIpc) is 2.76. The molecule has 1 heterocycles. The van der Waals surface area contributed by atoms with Crippen molar-refractivity contribution in [3.63, 3.8) is 0 Å². The number of carbonyl (C=O) groups excluding carboxylic acids is 1. The van der Waals surface area contributed by atoms with E-state index in [0.29, 0.717) is 11.3 Å². The number of hydrogen-bond acceptors (Lipinski definition) is 4. The number of rotatable bonds is 2. The molecular formula is C15H16N4O. The van der Waals surface area contributed by atoms with Gasteiger partial charge < -0.3 is 10.6 Å². The molecule has 0 radical (unpaired) electrons. The monoisotopic (exact) mass is 268 g/mol. The molecule has 0 aromatic heterocycles. The summed E-state index contributed by atoms with van der Waals surface area (Å²) in [6, 6.07) is 8.46. The van der Waals surface area contributed by atoms with Gasteiger partial charge in [0.25, 0.3) is 0 Å². The number of hydrogen-bond donors (Lipinski definition) is 2. The van der Waals surface area contributed by atoms with Crippen molar-refractivity contribution in [2.24, 2.45) is 0 Å². The van der Waals surface area contributed by atoms with E-state index in [1.54, 1.807) is 12.1 Å². The van der Waals surface area contributed by atoms with Crippen molar-refractivity contribution in [1.29, 1.82) is 10.5 Å². The van der Waals surface area contributed by atoms with Gasteiger partial charge in [0.2, 0.25) is 5.91 Å². The van der Waals surface area contributed by atoms with Crippen LogP contribution in [0.15, 0.2) is 18.2 Å². The molecule has 5 heteroatoms. The van der Waals surface area contributed by atoms with Gasteiger partial charge >= 0.3 is 0 Å². The maximum Gasteiger partial charge on any atom is 0.241 e. The molecule has 20 heavy (non-hydrogen) atoms. The molecular weight excluding hydrogens is 252 g/mol. The van der Waals surface area contributed by atoms with Gasteiger partial charge in [0.1, 0.15) is 12.1 Å². The van der Waals surface area contributed by atoms with Crippen molar-refractivity contribution in [2.45, 2.75) is 31.7 Å². The van der Waals surface area contributed by atoms with Crippen LogP contribution in [0.3, 0.4) is 0 Å². The number of anilines is 1. The van der Waals surface area contributed by atoms with Gasteiger partial charge in [-0.05, 0) is 37.6 Å². The van der Waals surface area contributed by atoms with Crippen LogP contribution in [0, 0.1) is 22.7 Å². The van der Waals surface area contributed by atoms with E-state index in [-0.39, 0.29) is 17.5 Å². The van der Waals surface area contributed by atoms with Crippen LogP contribution in [0.1, 0.15) is 36.8 Å². The Morgan fingerprint density at radius 3 is 2.75 bits per heavy atom. The maximum atomic E-state index is 12.2. The second kappa shape index (κ2) is 6.70. The molecule has 102 valence electrons. The molecule has 1 saturated heterocycles. The Hall–Kier alpha value is -2.37. The minimum Gasteiger partial charge on any atom is -0.325 e. The van der Waals surface area contributed by atoms with Crippen LogP contribution in [0.2, 0.25) is 0 Å². The van der Waals surface area contributed by atoms with Gasteiger partial charge in [-0.25, -0.2) is 0 Å². The van der Waals surface area contributed by atoms with Crippen LogP contribution in [0.5, 0.6) is 0 Å². The van der Waals surface area contributed by atoms with Gasteiger partial charge in [-0.2, -0.15) is 10.5 Å². The highest BCUT2D eigenvalue weighted by Crippen LogP contribution is 2.16. The molecule has 1 aliphatic rings. The van der Waals surface area contributed by atoms with E-state index in [1.807, 2.05) is 12.1 Å². The summed E-state index contributed by atoms with van der Waals surface area (Å²) in [5.41, 5.74) is 1.15. The Morgan fingerprint density at radius 2 is 2.00 bits per heavy atom. The normalized spacial score (nSPS) is 18.4. The van der Waals surface area contributed by atoms with Gasteiger partial charge in [0.15, 0.2) is 0 Å². The zero-order chi connectivity index (χ0) is 14.4. The van der Waals surface area contributed by atoms with Crippen LogP contribution in [0.4, 0.5) is 5.69 Å². The molecule has 1 amide bonds. The van der Waals surface area contributed by atoms with Gasteiger partial charge in [-0.1, -0.05) is 12.8 Å². The van der Waals surface area contributed by atoms with E-state index in [9.17, 15) is 4.79 Å². The Bertz CT molecular complexity index is 575. The van der Waals surface area contributed by atoms with Gasteiger partial charge in [-0.15, -0.1) is 0 Å². The third kappa shape index (κ3) is 3.34. The summed E-state index contributed by atoms with van der Waals surface area (Å²) >= 11 is 0. The molecule has 5 nitrogen and oxygen atoms in total. The lowest BCUT2D eigenvalue weighted by Gasteiger charge is -2.15. The predicted octanol–water partition coefficient (Wildman–Crippen LogP) is 1.90. The predicted molar refractivity (Wildman–Crippen MR) is 74.8 cm³/mol. The third-order valence-electron chi connectivity index (χ3n) is 3.40. The molecule has 1 aliphatic heterocycles. The first-order valence-corrected chi connectivity index (χ1v) is 6.73. The topological polar surface area (TPSA) is 88.7 Å². The molecule has 0 bridgehead atoms. The highest BCUT2D eigenvalue weighted by Gasteiger charge is 2.19. The van der Waals surface area contributed by atoms with Crippen LogP contribution in [-0.2, 0) is 4.79 Å². The van der Waals surface area contributed by atoms with Crippen LogP contribution >= 0.6 is 0 Å². The zero-order valence-corrected chi connectivity index (χ0v) is 11.1. The van der Waals surface area contributed by atoms with Gasteiger partial charge in [-0.3, -0.25) is 4.79 Å². The molecule has 1 aromatic carbocycles. The largest absolute Gasteiger partial charge is 0.325 e. The SMILES string of the molecule is N#Cc1ccc(NC(=O)C2CCCCCN2)cc1C#N. The summed E-state index contributed by atoms with van der Waals surface area (Å²) in [5.74, 6) is -0.0829. The van der Waals surface area contributed by atoms with Crippen molar-refractivity contribution < 1.29 is 4.79 Å². The molecule has 0 spiro atoms. The van der Waals surface area contributed by atoms with E-state index in [0.717, 1.165) is 32.2 Å². The number of nitrogens with one attached hydrogen (secondary N) is 2. The summed E-state index contributed by atoms with van der Waals surface area (Å²) in [7, 11) is 0. The zero-order valence-electron chi connectivity index (χ0n) is 11.1. The number of benzene rings is 1. The fourth-order valence-corrected chi connectivity index (χ4v) is 2.29. The van der Waals surface area contributed by atoms with Crippen molar-refractivity contribution in [3.05, 3.63) is 29.3 Å². The Balaban J connectivity index is 2.08. The first-order chi connectivity index (χ1) is 9.74. The van der Waals surface area contributed by atoms with Crippen LogP contribution < -0.4 is 10.6 Å². The van der Waals surface area contributed by atoms with Crippen molar-refractivity contribution in [2.75, 3.05) is 11.9 Å². The van der Waals surface area contributed by atoms with Crippen LogP contribution in [-0.4, -0.2) is 18.5 Å². The molecule has 0 aliphatic carbocycles. The van der Waals surface area contributed by atoms with E-state index < -0.39 is 0 Å². The molecule has 1 fully saturated rings. The lowest BCUT2D eigenvalue weighted by Crippen LogP contribution is -2.39. The minimum absolute atomic E-state index is 0.0829. The average molecular weight is 268 g/mol. The molecule has 0 saturated carbocycles. The lowest BCUT2D eigenvalue weighted by atomic mass is 10.1. The summed E-state index contributed by atoms with van der Waals surface area (Å²) in [6.07, 6.45) is 4.11. The smallest absolute Gasteiger partial charge is 0.241 e. The van der Waals surface area contributed by atoms with Crippen molar-refractivity contribution in [1.82, 2.24) is 5.32 Å². The van der Waals surface area contributed by atoms with E-state index >= 15 is 0 Å². The number of nitrogens with zero attached hydrogens (tertiary/aromatic N) is 2. The van der Waals surface area contributed by atoms with E-state index in [2.05, 4.69) is 10.6 Å². The summed E-state index contributed by atoms with van der Waals surface area (Å²) in [5, 5.41) is 23.9. The first-order valence-electron chi connectivity index (χ1n) is 6.73. The van der Waals surface area contributed by atoms with Crippen molar-refractivity contribution >= 4 is 11.6 Å². The van der Waals surface area contributed by atoms with Crippen molar-refractivity contribution in [3.8, 4) is 12.1 Å². The first kappa shape index (κ1) is 14.0. The fourth-order valence-electron chi connectivity index (χ4n) is 2.29. The molecule has 2 N–H and O–H groups in total. The molecule has 1 unspecified atom stereocenters. The summed E-state index contributed by atoms with van der Waals surface area (Å²) in [4.78, 5) is 12.2. The highest BCUT2D eigenvalue weighted by atomic mass is 16.2. The number of carbonyl (C=O) groups is 1. The number of amides is 1. The maximum absolute atomic E-state index is 12.2. The third-order valence-corrected chi connectivity index (χ3v) is 3.40. The fraction of sp³-hybridized carbons (Fsp3) is 0.400. The standard InChI is InChI=1S/C15H16N4O/c16-9-11-5-6-13(8-12(11)10-17)19-15(20)14-4-2-1-3-7-18-14/h5-6,8,14,18H,1-4,7H2,(H,19,20). The minimum atomic E-state index is -0.182. The van der Waals surface area contributed by atoms with Gasteiger partial charge in [0, 0.05) is 5.69 Å².